The van der Waals surface area contributed by atoms with Crippen LogP contribution in [0.3, 0.4) is 0 Å². The first-order valence-electron chi connectivity index (χ1n) is 2.11. The molecule has 0 aliphatic rings. The van der Waals surface area contributed by atoms with Gasteiger partial charge in [0.1, 0.15) is 0 Å². The van der Waals surface area contributed by atoms with Crippen LogP contribution in [0.5, 0.6) is 0 Å². The predicted octanol–water partition coefficient (Wildman–Crippen LogP) is 0.244. The number of nitrogens with two attached hydrogens (primary N) is 1. The van der Waals surface area contributed by atoms with E-state index in [4.69, 9.17) is 10.8 Å². The third-order valence-corrected chi connectivity index (χ3v) is 0.775. The van der Waals surface area contributed by atoms with Gasteiger partial charge in [-0.2, -0.15) is 0 Å². The van der Waals surface area contributed by atoms with E-state index in [1.54, 1.807) is 6.92 Å². The molecule has 0 fully saturated rings. The van der Waals surface area contributed by atoms with E-state index in [1.165, 1.54) is 0 Å². The van der Waals surface area contributed by atoms with Gasteiger partial charge in [0.2, 0.25) is 0 Å². The highest BCUT2D eigenvalue weighted by Gasteiger charge is 2.05. The van der Waals surface area contributed by atoms with Crippen molar-refractivity contribution in [3.63, 3.8) is 0 Å². The number of carboxylic acids is 1. The predicted molar refractivity (Wildman–Crippen MR) is 36.2 cm³/mol. The molecule has 0 bridgehead atoms. The van der Waals surface area contributed by atoms with Crippen molar-refractivity contribution < 1.29 is 9.90 Å². The van der Waals surface area contributed by atoms with Crippen molar-refractivity contribution in [1.82, 2.24) is 0 Å². The zero-order valence-corrected chi connectivity index (χ0v) is 6.34. The Labute approximate surface area is 58.6 Å². The average Bonchev–Trinajstić information content (AvgIpc) is 1.65. The topological polar surface area (TPSA) is 63.3 Å². The molecule has 8 heavy (non-hydrogen) atoms. The fourth-order valence-electron chi connectivity index (χ4n) is 0.101. The third kappa shape index (κ3) is 4.08. The van der Waals surface area contributed by atoms with Crippen molar-refractivity contribution in [1.29, 1.82) is 0 Å². The van der Waals surface area contributed by atoms with Crippen LogP contribution in [0, 0.1) is 5.92 Å². The van der Waals surface area contributed by atoms with Crippen LogP contribution >= 0.6 is 17.0 Å². The van der Waals surface area contributed by atoms with Crippen molar-refractivity contribution in [3.05, 3.63) is 0 Å². The molecule has 0 aromatic rings. The zero-order valence-electron chi connectivity index (χ0n) is 4.63. The van der Waals surface area contributed by atoms with Crippen molar-refractivity contribution in [2.75, 3.05) is 6.54 Å². The summed E-state index contributed by atoms with van der Waals surface area (Å²) in [6, 6.07) is 0. The summed E-state index contributed by atoms with van der Waals surface area (Å²) in [7, 11) is 0. The highest BCUT2D eigenvalue weighted by atomic mass is 79.9. The van der Waals surface area contributed by atoms with Gasteiger partial charge < -0.3 is 10.8 Å². The van der Waals surface area contributed by atoms with E-state index in [-0.39, 0.29) is 23.5 Å². The molecular weight excluding hydrogens is 174 g/mol. The summed E-state index contributed by atoms with van der Waals surface area (Å²) in [6.07, 6.45) is 0. The number of hydrogen-bond acceptors (Lipinski definition) is 2. The molecule has 50 valence electrons. The van der Waals surface area contributed by atoms with Gasteiger partial charge in [0, 0.05) is 6.54 Å². The van der Waals surface area contributed by atoms with Gasteiger partial charge in [0.25, 0.3) is 0 Å². The van der Waals surface area contributed by atoms with Gasteiger partial charge in [0.05, 0.1) is 5.92 Å². The molecule has 0 aromatic heterocycles. The monoisotopic (exact) mass is 183 g/mol. The zero-order chi connectivity index (χ0) is 5.86. The minimum Gasteiger partial charge on any atom is -0.481 e. The quantitative estimate of drug-likeness (QED) is 0.646. The summed E-state index contributed by atoms with van der Waals surface area (Å²) in [5, 5.41) is 8.10. The summed E-state index contributed by atoms with van der Waals surface area (Å²) in [5.74, 6) is -1.23. The van der Waals surface area contributed by atoms with E-state index < -0.39 is 11.9 Å². The standard InChI is InChI=1S/C4H9NO2.BrH/c1-3(2-5)4(6)7;/h3H,2,5H2,1H3,(H,6,7);1H. The van der Waals surface area contributed by atoms with Crippen molar-refractivity contribution in [2.24, 2.45) is 11.7 Å². The lowest BCUT2D eigenvalue weighted by Gasteiger charge is -1.96. The van der Waals surface area contributed by atoms with Crippen LogP contribution in [0.1, 0.15) is 6.92 Å². The molecule has 4 heteroatoms. The third-order valence-electron chi connectivity index (χ3n) is 0.775. The Morgan fingerprint density at radius 1 is 1.88 bits per heavy atom. The number of rotatable bonds is 2. The van der Waals surface area contributed by atoms with Crippen molar-refractivity contribution >= 4 is 23.0 Å². The molecule has 0 spiro atoms. The summed E-state index contributed by atoms with van der Waals surface area (Å²) in [4.78, 5) is 9.85. The summed E-state index contributed by atoms with van der Waals surface area (Å²) < 4.78 is 0. The maximum atomic E-state index is 9.85. The lowest BCUT2D eigenvalue weighted by molar-refractivity contribution is -0.140. The van der Waals surface area contributed by atoms with Crippen LogP contribution in [-0.2, 0) is 4.79 Å². The minimum atomic E-state index is -0.831. The van der Waals surface area contributed by atoms with Crippen LogP contribution in [0.25, 0.3) is 0 Å². The average molecular weight is 184 g/mol. The Bertz CT molecular complexity index is 76.4. The summed E-state index contributed by atoms with van der Waals surface area (Å²) in [5.41, 5.74) is 4.99. The SMILES string of the molecule is Br.CC(CN)C(=O)O. The van der Waals surface area contributed by atoms with Crippen LogP contribution in [-0.4, -0.2) is 17.6 Å². The number of hydrogen-bond donors (Lipinski definition) is 2. The van der Waals surface area contributed by atoms with Gasteiger partial charge in [-0.05, 0) is 0 Å². The fraction of sp³-hybridized carbons (Fsp3) is 0.750. The van der Waals surface area contributed by atoms with Crippen LogP contribution in [0.2, 0.25) is 0 Å². The molecule has 0 aliphatic heterocycles. The Morgan fingerprint density at radius 3 is 2.25 bits per heavy atom. The van der Waals surface area contributed by atoms with Crippen LogP contribution in [0.15, 0.2) is 0 Å². The Morgan fingerprint density at radius 2 is 2.25 bits per heavy atom. The normalized spacial score (nSPS) is 11.8. The van der Waals surface area contributed by atoms with Gasteiger partial charge >= 0.3 is 5.97 Å². The molecule has 0 aromatic carbocycles. The lowest BCUT2D eigenvalue weighted by Crippen LogP contribution is -2.19. The lowest BCUT2D eigenvalue weighted by atomic mass is 10.2. The largest absolute Gasteiger partial charge is 0.481 e. The second kappa shape index (κ2) is 5.05. The van der Waals surface area contributed by atoms with Crippen molar-refractivity contribution in [3.8, 4) is 0 Å². The van der Waals surface area contributed by atoms with Gasteiger partial charge in [-0.1, -0.05) is 6.92 Å². The number of aliphatic carboxylic acids is 1. The van der Waals surface area contributed by atoms with Crippen LogP contribution in [0.4, 0.5) is 0 Å². The molecule has 0 radical (unpaired) electrons. The molecule has 0 aliphatic carbocycles. The second-order valence-corrected chi connectivity index (χ2v) is 1.47. The van der Waals surface area contributed by atoms with Gasteiger partial charge in [-0.15, -0.1) is 17.0 Å². The van der Waals surface area contributed by atoms with E-state index >= 15 is 0 Å². The maximum Gasteiger partial charge on any atom is 0.307 e. The summed E-state index contributed by atoms with van der Waals surface area (Å²) in [6.45, 7) is 1.79. The first-order chi connectivity index (χ1) is 3.18. The molecule has 1 atom stereocenters. The maximum absolute atomic E-state index is 9.85. The smallest absolute Gasteiger partial charge is 0.307 e. The fourth-order valence-corrected chi connectivity index (χ4v) is 0.101. The van der Waals surface area contributed by atoms with Crippen molar-refractivity contribution in [2.45, 2.75) is 6.92 Å². The highest BCUT2D eigenvalue weighted by Crippen LogP contribution is 1.87. The Hall–Kier alpha value is -0.0900. The van der Waals surface area contributed by atoms with E-state index in [2.05, 4.69) is 0 Å². The minimum absolute atomic E-state index is 0. The summed E-state index contributed by atoms with van der Waals surface area (Å²) >= 11 is 0. The molecule has 1 unspecified atom stereocenters. The molecule has 0 saturated heterocycles. The molecule has 0 saturated carbocycles. The number of carbonyl (C=O) groups is 1. The molecule has 0 amide bonds. The van der Waals surface area contributed by atoms with Crippen LogP contribution < -0.4 is 5.73 Å². The molecule has 0 heterocycles. The first-order valence-corrected chi connectivity index (χ1v) is 2.11. The van der Waals surface area contributed by atoms with Gasteiger partial charge in [0.15, 0.2) is 0 Å². The first kappa shape index (κ1) is 10.8. The van der Waals surface area contributed by atoms with Gasteiger partial charge in [-0.3, -0.25) is 4.79 Å². The van der Waals surface area contributed by atoms with Gasteiger partial charge in [-0.25, -0.2) is 0 Å². The second-order valence-electron chi connectivity index (χ2n) is 1.47. The van der Waals surface area contributed by atoms with E-state index in [1.807, 2.05) is 0 Å². The Kier molecular flexibility index (Phi) is 6.83. The molecule has 0 rings (SSSR count). The van der Waals surface area contributed by atoms with E-state index in [9.17, 15) is 4.79 Å². The number of halogens is 1. The molecular formula is C4H10BrNO2. The Balaban J connectivity index is 0. The number of carboxylic acid groups (broad SMARTS) is 1. The molecule has 3 N–H and O–H groups in total. The molecule has 3 nitrogen and oxygen atoms in total. The van der Waals surface area contributed by atoms with E-state index in [0.717, 1.165) is 0 Å². The highest BCUT2D eigenvalue weighted by molar-refractivity contribution is 8.93. The van der Waals surface area contributed by atoms with E-state index in [0.29, 0.717) is 0 Å².